The van der Waals surface area contributed by atoms with E-state index in [0.29, 0.717) is 33.7 Å². The molecule has 122 valence electrons. The van der Waals surface area contributed by atoms with E-state index in [4.69, 9.17) is 9.47 Å². The zero-order valence-electron chi connectivity index (χ0n) is 12.1. The molecular weight excluding hydrogens is 328 g/mol. The lowest BCUT2D eigenvalue weighted by molar-refractivity contribution is -0.384. The first-order valence-electron chi connectivity index (χ1n) is 6.48. The molecule has 0 aliphatic rings. The molecule has 0 saturated heterocycles. The molecule has 0 unspecified atom stereocenters. The summed E-state index contributed by atoms with van der Waals surface area (Å²) in [6.45, 7) is 0.136. The smallest absolute Gasteiger partial charge is 0.289 e. The first-order chi connectivity index (χ1) is 11.0. The molecule has 0 atom stereocenters. The van der Waals surface area contributed by atoms with Crippen LogP contribution >= 0.6 is 11.8 Å². The number of benzene rings is 2. The standard InChI is InChI=1S/C15H13F2NO4S/c1-21-13-7-10(5-6-14(13)23-15(16)17)9-22-12-4-2-3-11(8-12)18(19)20/h2-8,15H,9H2,1H3. The highest BCUT2D eigenvalue weighted by molar-refractivity contribution is 7.99. The molecule has 0 heterocycles. The molecule has 0 saturated carbocycles. The van der Waals surface area contributed by atoms with Gasteiger partial charge in [0, 0.05) is 6.07 Å². The molecule has 0 spiro atoms. The van der Waals surface area contributed by atoms with E-state index in [1.807, 2.05) is 0 Å². The van der Waals surface area contributed by atoms with E-state index in [1.54, 1.807) is 18.2 Å². The molecule has 5 nitrogen and oxygen atoms in total. The molecule has 2 rings (SSSR count). The van der Waals surface area contributed by atoms with Crippen LogP contribution in [-0.4, -0.2) is 17.8 Å². The summed E-state index contributed by atoms with van der Waals surface area (Å²) in [5.41, 5.74) is 0.635. The molecule has 2 aromatic rings. The van der Waals surface area contributed by atoms with Crippen LogP contribution in [0.4, 0.5) is 14.5 Å². The van der Waals surface area contributed by atoms with Crippen molar-refractivity contribution in [2.45, 2.75) is 17.3 Å². The van der Waals surface area contributed by atoms with Crippen LogP contribution in [0.3, 0.4) is 0 Å². The summed E-state index contributed by atoms with van der Waals surface area (Å²) in [7, 11) is 1.40. The number of hydrogen-bond donors (Lipinski definition) is 0. The number of nitro benzene ring substituents is 1. The number of ether oxygens (including phenoxy) is 2. The number of nitro groups is 1. The predicted molar refractivity (Wildman–Crippen MR) is 82.3 cm³/mol. The lowest BCUT2D eigenvalue weighted by atomic mass is 10.2. The average Bonchev–Trinajstić information content (AvgIpc) is 2.53. The van der Waals surface area contributed by atoms with Gasteiger partial charge in [-0.15, -0.1) is 0 Å². The van der Waals surface area contributed by atoms with Crippen LogP contribution in [0.1, 0.15) is 5.56 Å². The third kappa shape index (κ3) is 4.82. The Morgan fingerprint density at radius 3 is 2.70 bits per heavy atom. The fraction of sp³-hybridized carbons (Fsp3) is 0.200. The van der Waals surface area contributed by atoms with Crippen LogP contribution in [0.25, 0.3) is 0 Å². The zero-order chi connectivity index (χ0) is 16.8. The van der Waals surface area contributed by atoms with Crippen molar-refractivity contribution in [3.8, 4) is 11.5 Å². The van der Waals surface area contributed by atoms with Crippen LogP contribution in [-0.2, 0) is 6.61 Å². The van der Waals surface area contributed by atoms with Gasteiger partial charge in [0.15, 0.2) is 0 Å². The highest BCUT2D eigenvalue weighted by Gasteiger charge is 2.12. The maximum absolute atomic E-state index is 12.4. The third-order valence-corrected chi connectivity index (χ3v) is 3.65. The number of methoxy groups -OCH3 is 1. The third-order valence-electron chi connectivity index (χ3n) is 2.88. The summed E-state index contributed by atoms with van der Waals surface area (Å²) < 4.78 is 35.5. The maximum Gasteiger partial charge on any atom is 0.289 e. The Hall–Kier alpha value is -2.35. The van der Waals surface area contributed by atoms with Gasteiger partial charge in [0.25, 0.3) is 11.4 Å². The monoisotopic (exact) mass is 341 g/mol. The second-order valence-corrected chi connectivity index (χ2v) is 5.44. The van der Waals surface area contributed by atoms with Gasteiger partial charge in [-0.1, -0.05) is 23.9 Å². The molecule has 0 aliphatic heterocycles. The Bertz CT molecular complexity index is 697. The van der Waals surface area contributed by atoms with Gasteiger partial charge >= 0.3 is 0 Å². The van der Waals surface area contributed by atoms with Gasteiger partial charge in [-0.3, -0.25) is 10.1 Å². The van der Waals surface area contributed by atoms with Crippen LogP contribution in [0, 0.1) is 10.1 Å². The normalized spacial score (nSPS) is 10.6. The van der Waals surface area contributed by atoms with Gasteiger partial charge in [0.2, 0.25) is 0 Å². The Morgan fingerprint density at radius 1 is 1.26 bits per heavy atom. The second kappa shape index (κ2) is 7.77. The van der Waals surface area contributed by atoms with E-state index in [1.165, 1.54) is 31.4 Å². The van der Waals surface area contributed by atoms with Crippen molar-refractivity contribution in [1.29, 1.82) is 0 Å². The highest BCUT2D eigenvalue weighted by atomic mass is 32.2. The van der Waals surface area contributed by atoms with Crippen LogP contribution in [0.15, 0.2) is 47.4 Å². The van der Waals surface area contributed by atoms with Gasteiger partial charge in [-0.05, 0) is 23.8 Å². The molecule has 23 heavy (non-hydrogen) atoms. The van der Waals surface area contributed by atoms with E-state index < -0.39 is 10.7 Å². The van der Waals surface area contributed by atoms with Crippen molar-refractivity contribution < 1.29 is 23.2 Å². The quantitative estimate of drug-likeness (QED) is 0.422. The number of hydrogen-bond acceptors (Lipinski definition) is 5. The van der Waals surface area contributed by atoms with Gasteiger partial charge < -0.3 is 9.47 Å². The molecule has 0 radical (unpaired) electrons. The Kier molecular flexibility index (Phi) is 5.75. The van der Waals surface area contributed by atoms with Crippen molar-refractivity contribution in [2.75, 3.05) is 7.11 Å². The molecule has 2 aromatic carbocycles. The molecular formula is C15H13F2NO4S. The average molecular weight is 341 g/mol. The number of non-ortho nitro benzene ring substituents is 1. The van der Waals surface area contributed by atoms with E-state index >= 15 is 0 Å². The van der Waals surface area contributed by atoms with E-state index in [9.17, 15) is 18.9 Å². The SMILES string of the molecule is COc1cc(COc2cccc([N+](=O)[O-])c2)ccc1SC(F)F. The fourth-order valence-corrected chi connectivity index (χ4v) is 2.45. The second-order valence-electron chi connectivity index (χ2n) is 4.41. The summed E-state index contributed by atoms with van der Waals surface area (Å²) in [5.74, 6) is -1.85. The lowest BCUT2D eigenvalue weighted by Gasteiger charge is -2.11. The Morgan fingerprint density at radius 2 is 2.04 bits per heavy atom. The molecule has 0 aromatic heterocycles. The summed E-state index contributed by atoms with van der Waals surface area (Å²) in [4.78, 5) is 10.5. The maximum atomic E-state index is 12.4. The largest absolute Gasteiger partial charge is 0.496 e. The van der Waals surface area contributed by atoms with E-state index in [-0.39, 0.29) is 12.3 Å². The highest BCUT2D eigenvalue weighted by Crippen LogP contribution is 2.34. The predicted octanol–water partition coefficient (Wildman–Crippen LogP) is 4.50. The van der Waals surface area contributed by atoms with Crippen molar-refractivity contribution in [3.63, 3.8) is 0 Å². The lowest BCUT2D eigenvalue weighted by Crippen LogP contribution is -1.98. The minimum Gasteiger partial charge on any atom is -0.496 e. The molecule has 0 amide bonds. The van der Waals surface area contributed by atoms with Crippen molar-refractivity contribution in [1.82, 2.24) is 0 Å². The zero-order valence-corrected chi connectivity index (χ0v) is 12.9. The van der Waals surface area contributed by atoms with Crippen molar-refractivity contribution >= 4 is 17.4 Å². The first-order valence-corrected chi connectivity index (χ1v) is 7.36. The summed E-state index contributed by atoms with van der Waals surface area (Å²) in [6.07, 6.45) is 0. The Balaban J connectivity index is 2.08. The minimum atomic E-state index is -2.53. The van der Waals surface area contributed by atoms with Gasteiger partial charge in [0.1, 0.15) is 18.1 Å². The Labute approximate surface area is 135 Å². The minimum absolute atomic E-state index is 0.0660. The van der Waals surface area contributed by atoms with Crippen molar-refractivity contribution in [2.24, 2.45) is 0 Å². The summed E-state index contributed by atoms with van der Waals surface area (Å²) in [6, 6.07) is 10.6. The number of nitrogens with zero attached hydrogens (tertiary/aromatic N) is 1. The van der Waals surface area contributed by atoms with Gasteiger partial charge in [0.05, 0.1) is 23.0 Å². The number of halogens is 2. The van der Waals surface area contributed by atoms with E-state index in [2.05, 4.69) is 0 Å². The molecule has 0 bridgehead atoms. The van der Waals surface area contributed by atoms with Crippen LogP contribution in [0.2, 0.25) is 0 Å². The van der Waals surface area contributed by atoms with Gasteiger partial charge in [-0.25, -0.2) is 0 Å². The summed E-state index contributed by atoms with van der Waals surface area (Å²) in [5, 5.41) is 10.7. The van der Waals surface area contributed by atoms with Crippen molar-refractivity contribution in [3.05, 3.63) is 58.1 Å². The number of thioether (sulfide) groups is 1. The molecule has 8 heteroatoms. The van der Waals surface area contributed by atoms with Crippen LogP contribution < -0.4 is 9.47 Å². The molecule has 0 aliphatic carbocycles. The summed E-state index contributed by atoms with van der Waals surface area (Å²) >= 11 is 0.404. The van der Waals surface area contributed by atoms with Gasteiger partial charge in [-0.2, -0.15) is 8.78 Å². The van der Waals surface area contributed by atoms with E-state index in [0.717, 1.165) is 0 Å². The number of rotatable bonds is 7. The fourth-order valence-electron chi connectivity index (χ4n) is 1.85. The molecule has 0 fully saturated rings. The topological polar surface area (TPSA) is 61.6 Å². The number of alkyl halides is 2. The first kappa shape index (κ1) is 17.0. The molecule has 0 N–H and O–H groups in total. The van der Waals surface area contributed by atoms with Crippen LogP contribution in [0.5, 0.6) is 11.5 Å².